The summed E-state index contributed by atoms with van der Waals surface area (Å²) < 4.78 is 3.41. The molecule has 6 heteroatoms. The summed E-state index contributed by atoms with van der Waals surface area (Å²) in [5.41, 5.74) is 4.47. The minimum absolute atomic E-state index is 0.0142. The second kappa shape index (κ2) is 7.68. The first-order chi connectivity index (χ1) is 13.5. The average molecular weight is 455 g/mol. The number of benzene rings is 1. The minimum Gasteiger partial charge on any atom is -0.351 e. The van der Waals surface area contributed by atoms with Crippen LogP contribution >= 0.6 is 28.1 Å². The molecule has 3 aromatic rings. The lowest BCUT2D eigenvalue weighted by atomic mass is 10.0. The van der Waals surface area contributed by atoms with Crippen LogP contribution in [0.2, 0.25) is 0 Å². The van der Waals surface area contributed by atoms with Gasteiger partial charge in [-0.15, -0.1) is 0 Å². The maximum absolute atomic E-state index is 5.80. The molecule has 0 aliphatic carbocycles. The second-order valence-electron chi connectivity index (χ2n) is 7.36. The van der Waals surface area contributed by atoms with Gasteiger partial charge in [-0.1, -0.05) is 22.0 Å². The molecule has 2 aromatic heterocycles. The predicted octanol–water partition coefficient (Wildman–Crippen LogP) is 5.71. The molecule has 1 fully saturated rings. The summed E-state index contributed by atoms with van der Waals surface area (Å²) in [6.45, 7) is 6.50. The molecule has 3 heterocycles. The highest BCUT2D eigenvalue weighted by atomic mass is 79.9. The zero-order valence-electron chi connectivity index (χ0n) is 16.1. The molecule has 4 rings (SSSR count). The van der Waals surface area contributed by atoms with Crippen LogP contribution in [-0.4, -0.2) is 14.7 Å². The third-order valence-corrected chi connectivity index (χ3v) is 6.39. The van der Waals surface area contributed by atoms with Crippen LogP contribution in [-0.2, 0) is 0 Å². The molecule has 144 valence electrons. The Kier molecular flexibility index (Phi) is 5.25. The topological polar surface area (TPSA) is 33.1 Å². The SMILES string of the molecule is Cc1cc(N2C(=S)N[C@H](c3ccccn3)[C@H]2c2cccn2C(C)C)ccc1Br. The Morgan fingerprint density at radius 3 is 2.64 bits per heavy atom. The number of anilines is 1. The number of nitrogens with zero attached hydrogens (tertiary/aromatic N) is 3. The number of nitrogens with one attached hydrogen (secondary N) is 1. The molecule has 1 N–H and O–H groups in total. The Morgan fingerprint density at radius 1 is 1.14 bits per heavy atom. The van der Waals surface area contributed by atoms with Crippen molar-refractivity contribution in [3.63, 3.8) is 0 Å². The molecule has 1 saturated heterocycles. The van der Waals surface area contributed by atoms with Crippen LogP contribution in [0.25, 0.3) is 0 Å². The van der Waals surface area contributed by atoms with Gasteiger partial charge in [0, 0.05) is 34.3 Å². The Labute approximate surface area is 179 Å². The van der Waals surface area contributed by atoms with Crippen LogP contribution in [0.4, 0.5) is 5.69 Å². The van der Waals surface area contributed by atoms with E-state index in [1.54, 1.807) is 0 Å². The molecule has 1 aliphatic heterocycles. The number of aromatic nitrogens is 2. The van der Waals surface area contributed by atoms with E-state index >= 15 is 0 Å². The lowest BCUT2D eigenvalue weighted by Gasteiger charge is -2.30. The normalized spacial score (nSPS) is 19.3. The average Bonchev–Trinajstić information content (AvgIpc) is 3.29. The summed E-state index contributed by atoms with van der Waals surface area (Å²) in [6, 6.07) is 17.0. The van der Waals surface area contributed by atoms with Gasteiger partial charge in [-0.25, -0.2) is 0 Å². The minimum atomic E-state index is -0.0231. The summed E-state index contributed by atoms with van der Waals surface area (Å²) in [7, 11) is 0. The van der Waals surface area contributed by atoms with Crippen molar-refractivity contribution in [3.8, 4) is 0 Å². The van der Waals surface area contributed by atoms with Crippen molar-refractivity contribution in [2.24, 2.45) is 0 Å². The highest BCUT2D eigenvalue weighted by Gasteiger charge is 2.42. The lowest BCUT2D eigenvalue weighted by molar-refractivity contribution is 0.497. The second-order valence-corrected chi connectivity index (χ2v) is 8.61. The van der Waals surface area contributed by atoms with Gasteiger partial charge in [0.15, 0.2) is 5.11 Å². The van der Waals surface area contributed by atoms with Crippen LogP contribution in [0, 0.1) is 6.92 Å². The van der Waals surface area contributed by atoms with Crippen molar-refractivity contribution in [3.05, 3.63) is 82.3 Å². The first-order valence-electron chi connectivity index (χ1n) is 9.41. The van der Waals surface area contributed by atoms with E-state index in [0.717, 1.165) is 21.0 Å². The number of hydrogen-bond donors (Lipinski definition) is 1. The van der Waals surface area contributed by atoms with E-state index in [9.17, 15) is 0 Å². The summed E-state index contributed by atoms with van der Waals surface area (Å²) in [5.74, 6) is 0. The van der Waals surface area contributed by atoms with E-state index in [1.807, 2.05) is 18.3 Å². The van der Waals surface area contributed by atoms with Gasteiger partial charge in [-0.2, -0.15) is 0 Å². The van der Waals surface area contributed by atoms with Gasteiger partial charge >= 0.3 is 0 Å². The molecule has 4 nitrogen and oxygen atoms in total. The maximum Gasteiger partial charge on any atom is 0.174 e. The largest absolute Gasteiger partial charge is 0.351 e. The van der Waals surface area contributed by atoms with Gasteiger partial charge in [0.05, 0.1) is 11.7 Å². The number of thiocarbonyl (C=S) groups is 1. The number of hydrogen-bond acceptors (Lipinski definition) is 2. The quantitative estimate of drug-likeness (QED) is 0.511. The Bertz CT molecular complexity index is 999. The third-order valence-electron chi connectivity index (χ3n) is 5.19. The Hall–Kier alpha value is -2.18. The standard InChI is InChI=1S/C22H23BrN4S/c1-14(2)26-12-6-8-19(26)21-20(18-7-4-5-11-24-18)25-22(28)27(21)16-9-10-17(23)15(3)13-16/h4-14,20-21H,1-3H3,(H,25,28)/t20-,21-/m1/s1. The summed E-state index contributed by atoms with van der Waals surface area (Å²) in [4.78, 5) is 6.85. The van der Waals surface area contributed by atoms with Gasteiger partial charge in [0.2, 0.25) is 0 Å². The zero-order valence-corrected chi connectivity index (χ0v) is 18.5. The monoisotopic (exact) mass is 454 g/mol. The third kappa shape index (κ3) is 3.35. The first kappa shape index (κ1) is 19.2. The lowest BCUT2D eigenvalue weighted by Crippen LogP contribution is -2.30. The highest BCUT2D eigenvalue weighted by Crippen LogP contribution is 2.42. The number of pyridine rings is 1. The van der Waals surface area contributed by atoms with Crippen LogP contribution < -0.4 is 10.2 Å². The molecule has 2 atom stereocenters. The Balaban J connectivity index is 1.87. The van der Waals surface area contributed by atoms with Crippen molar-refractivity contribution >= 4 is 38.9 Å². The van der Waals surface area contributed by atoms with Crippen molar-refractivity contribution in [2.75, 3.05) is 4.90 Å². The molecule has 0 saturated carbocycles. The van der Waals surface area contributed by atoms with Gasteiger partial charge in [-0.05, 0) is 81.0 Å². The Morgan fingerprint density at radius 2 is 1.96 bits per heavy atom. The van der Waals surface area contributed by atoms with E-state index in [0.29, 0.717) is 6.04 Å². The number of halogens is 1. The zero-order chi connectivity index (χ0) is 19.8. The van der Waals surface area contributed by atoms with E-state index < -0.39 is 0 Å². The molecule has 0 bridgehead atoms. The molecule has 0 unspecified atom stereocenters. The number of rotatable bonds is 4. The van der Waals surface area contributed by atoms with Crippen LogP contribution in [0.3, 0.4) is 0 Å². The first-order valence-corrected chi connectivity index (χ1v) is 10.6. The highest BCUT2D eigenvalue weighted by molar-refractivity contribution is 9.10. The smallest absolute Gasteiger partial charge is 0.174 e. The van der Waals surface area contributed by atoms with E-state index in [2.05, 4.69) is 99.1 Å². The fourth-order valence-electron chi connectivity index (χ4n) is 3.84. The maximum atomic E-state index is 5.80. The fourth-order valence-corrected chi connectivity index (χ4v) is 4.43. The summed E-state index contributed by atoms with van der Waals surface area (Å²) >= 11 is 9.41. The van der Waals surface area contributed by atoms with E-state index in [-0.39, 0.29) is 12.1 Å². The predicted molar refractivity (Wildman–Crippen MR) is 122 cm³/mol. The van der Waals surface area contributed by atoms with E-state index in [4.69, 9.17) is 12.2 Å². The van der Waals surface area contributed by atoms with Crippen molar-refractivity contribution in [2.45, 2.75) is 38.9 Å². The molecule has 0 spiro atoms. The van der Waals surface area contributed by atoms with Gasteiger partial charge in [0.1, 0.15) is 6.04 Å². The molecule has 28 heavy (non-hydrogen) atoms. The molecule has 1 aliphatic rings. The van der Waals surface area contributed by atoms with Crippen molar-refractivity contribution in [1.29, 1.82) is 0 Å². The van der Waals surface area contributed by atoms with Crippen LogP contribution in [0.15, 0.2) is 65.4 Å². The van der Waals surface area contributed by atoms with Crippen LogP contribution in [0.5, 0.6) is 0 Å². The van der Waals surface area contributed by atoms with Gasteiger partial charge < -0.3 is 14.8 Å². The molecule has 0 amide bonds. The summed E-state index contributed by atoms with van der Waals surface area (Å²) in [5, 5.41) is 4.25. The van der Waals surface area contributed by atoms with E-state index in [1.165, 1.54) is 11.3 Å². The molecule has 0 radical (unpaired) electrons. The number of aryl methyl sites for hydroxylation is 1. The summed E-state index contributed by atoms with van der Waals surface area (Å²) in [6.07, 6.45) is 3.98. The van der Waals surface area contributed by atoms with Crippen molar-refractivity contribution < 1.29 is 0 Å². The van der Waals surface area contributed by atoms with Crippen molar-refractivity contribution in [1.82, 2.24) is 14.9 Å². The molecular formula is C22H23BrN4S. The van der Waals surface area contributed by atoms with Crippen LogP contribution in [0.1, 0.15) is 48.9 Å². The van der Waals surface area contributed by atoms with Gasteiger partial charge in [-0.3, -0.25) is 4.98 Å². The molecule has 1 aromatic carbocycles. The fraction of sp³-hybridized carbons (Fsp3) is 0.273. The van der Waals surface area contributed by atoms with Gasteiger partial charge in [0.25, 0.3) is 0 Å². The molecular weight excluding hydrogens is 432 g/mol.